The molecule has 0 saturated carbocycles. The minimum absolute atomic E-state index is 0.472. The zero-order chi connectivity index (χ0) is 5.82. The van der Waals surface area contributed by atoms with Gasteiger partial charge in [0.1, 0.15) is 6.29 Å². The molecule has 1 aliphatic rings. The van der Waals surface area contributed by atoms with E-state index in [1.165, 1.54) is 12.5 Å². The van der Waals surface area contributed by atoms with Crippen LogP contribution in [-0.4, -0.2) is 18.9 Å². The highest BCUT2D eigenvalue weighted by Crippen LogP contribution is 2.01. The van der Waals surface area contributed by atoms with E-state index in [9.17, 15) is 4.79 Å². The van der Waals surface area contributed by atoms with Crippen molar-refractivity contribution in [2.45, 2.75) is 12.5 Å². The Bertz CT molecular complexity index is 105. The fourth-order valence-electron chi connectivity index (χ4n) is 0.655. The highest BCUT2D eigenvalue weighted by molar-refractivity contribution is 5.64. The van der Waals surface area contributed by atoms with Crippen LogP contribution in [0, 0.1) is 0 Å². The van der Waals surface area contributed by atoms with Crippen molar-refractivity contribution in [1.82, 2.24) is 5.32 Å². The summed E-state index contributed by atoms with van der Waals surface area (Å²) in [5, 5.41) is 3.13. The summed E-state index contributed by atoms with van der Waals surface area (Å²) in [5.41, 5.74) is 0. The predicted molar refractivity (Wildman–Crippen MR) is 31.6 cm³/mol. The van der Waals surface area contributed by atoms with Crippen molar-refractivity contribution >= 4 is 6.29 Å². The molecule has 1 saturated heterocycles. The van der Waals surface area contributed by atoms with Gasteiger partial charge in [-0.1, -0.05) is 6.08 Å². The van der Waals surface area contributed by atoms with E-state index in [-0.39, 0.29) is 0 Å². The monoisotopic (exact) mass is 111 g/mol. The number of hydrogen-bond donors (Lipinski definition) is 1. The second-order valence-electron chi connectivity index (χ2n) is 1.87. The number of aldehydes is 1. The third kappa shape index (κ3) is 1.17. The Morgan fingerprint density at radius 1 is 1.62 bits per heavy atom. The second kappa shape index (κ2) is 2.62. The van der Waals surface area contributed by atoms with Crippen molar-refractivity contribution in [3.8, 4) is 0 Å². The molecule has 0 aromatic heterocycles. The Kier molecular flexibility index (Phi) is 1.80. The van der Waals surface area contributed by atoms with Gasteiger partial charge >= 0.3 is 0 Å². The Balaban J connectivity index is 2.16. The van der Waals surface area contributed by atoms with Crippen molar-refractivity contribution in [3.05, 3.63) is 12.2 Å². The van der Waals surface area contributed by atoms with Crippen LogP contribution in [0.25, 0.3) is 0 Å². The van der Waals surface area contributed by atoms with Gasteiger partial charge in [0.2, 0.25) is 0 Å². The van der Waals surface area contributed by atoms with Crippen LogP contribution in [0.3, 0.4) is 0 Å². The van der Waals surface area contributed by atoms with Crippen molar-refractivity contribution in [3.63, 3.8) is 0 Å². The molecule has 1 rings (SSSR count). The first-order chi connectivity index (χ1) is 3.93. The van der Waals surface area contributed by atoms with Gasteiger partial charge in [0.05, 0.1) is 0 Å². The van der Waals surface area contributed by atoms with Gasteiger partial charge in [-0.25, -0.2) is 0 Å². The third-order valence-electron chi connectivity index (χ3n) is 1.28. The first kappa shape index (κ1) is 5.51. The standard InChI is InChI=1S/C6H9NO/c8-5-1-2-6-3-4-7-6/h1-2,5-7H,3-4H2/t6-/m1/s1. The molecule has 1 N–H and O–H groups in total. The summed E-state index contributed by atoms with van der Waals surface area (Å²) in [5.74, 6) is 0. The highest BCUT2D eigenvalue weighted by Gasteiger charge is 2.10. The van der Waals surface area contributed by atoms with Gasteiger partial charge in [-0.3, -0.25) is 4.79 Å². The van der Waals surface area contributed by atoms with Gasteiger partial charge in [0.15, 0.2) is 0 Å². The van der Waals surface area contributed by atoms with E-state index >= 15 is 0 Å². The lowest BCUT2D eigenvalue weighted by atomic mass is 10.1. The minimum atomic E-state index is 0.472. The Labute approximate surface area is 48.6 Å². The van der Waals surface area contributed by atoms with Crippen LogP contribution >= 0.6 is 0 Å². The number of hydrogen-bond acceptors (Lipinski definition) is 2. The van der Waals surface area contributed by atoms with Gasteiger partial charge in [0, 0.05) is 6.04 Å². The lowest BCUT2D eigenvalue weighted by Gasteiger charge is -2.23. The Morgan fingerprint density at radius 3 is 2.75 bits per heavy atom. The van der Waals surface area contributed by atoms with Crippen molar-refractivity contribution < 1.29 is 4.79 Å². The van der Waals surface area contributed by atoms with Crippen molar-refractivity contribution in [1.29, 1.82) is 0 Å². The van der Waals surface area contributed by atoms with Crippen molar-refractivity contribution in [2.75, 3.05) is 6.54 Å². The van der Waals surface area contributed by atoms with Crippen LogP contribution in [0.1, 0.15) is 6.42 Å². The summed E-state index contributed by atoms with van der Waals surface area (Å²) in [6.07, 6.45) is 5.40. The smallest absolute Gasteiger partial charge is 0.142 e. The summed E-state index contributed by atoms with van der Waals surface area (Å²) in [7, 11) is 0. The first-order valence-corrected chi connectivity index (χ1v) is 2.79. The maximum atomic E-state index is 9.73. The van der Waals surface area contributed by atoms with Crippen LogP contribution in [0.15, 0.2) is 12.2 Å². The maximum absolute atomic E-state index is 9.73. The molecule has 0 aromatic rings. The van der Waals surface area contributed by atoms with Gasteiger partial charge in [-0.05, 0) is 19.0 Å². The molecule has 0 spiro atoms. The summed E-state index contributed by atoms with van der Waals surface area (Å²) in [4.78, 5) is 9.73. The molecular weight excluding hydrogens is 102 g/mol. The van der Waals surface area contributed by atoms with E-state index in [0.29, 0.717) is 6.04 Å². The molecule has 1 fully saturated rings. The van der Waals surface area contributed by atoms with Gasteiger partial charge in [-0.15, -0.1) is 0 Å². The molecule has 0 unspecified atom stereocenters. The molecule has 0 aromatic carbocycles. The summed E-state index contributed by atoms with van der Waals surface area (Å²) in [6, 6.07) is 0.472. The number of nitrogens with one attached hydrogen (secondary N) is 1. The molecule has 44 valence electrons. The first-order valence-electron chi connectivity index (χ1n) is 2.79. The lowest BCUT2D eigenvalue weighted by molar-refractivity contribution is -0.104. The van der Waals surface area contributed by atoms with E-state index < -0.39 is 0 Å². The molecule has 1 atom stereocenters. The third-order valence-corrected chi connectivity index (χ3v) is 1.28. The summed E-state index contributed by atoms with van der Waals surface area (Å²) >= 11 is 0. The Hall–Kier alpha value is -0.630. The normalized spacial score (nSPS) is 27.8. The number of carbonyl (C=O) groups excluding carboxylic acids is 1. The van der Waals surface area contributed by atoms with Crippen LogP contribution in [0.4, 0.5) is 0 Å². The SMILES string of the molecule is O=CC=C[C@@H]1CCN1. The lowest BCUT2D eigenvalue weighted by Crippen LogP contribution is -2.41. The number of rotatable bonds is 2. The minimum Gasteiger partial charge on any atom is -0.310 e. The Morgan fingerprint density at radius 2 is 2.38 bits per heavy atom. The molecule has 0 amide bonds. The molecule has 8 heavy (non-hydrogen) atoms. The van der Waals surface area contributed by atoms with Gasteiger partial charge in [-0.2, -0.15) is 0 Å². The molecule has 0 aliphatic carbocycles. The quantitative estimate of drug-likeness (QED) is 0.404. The van der Waals surface area contributed by atoms with E-state index in [1.807, 2.05) is 6.08 Å². The van der Waals surface area contributed by atoms with E-state index in [0.717, 1.165) is 12.8 Å². The highest BCUT2D eigenvalue weighted by atomic mass is 16.1. The van der Waals surface area contributed by atoms with Crippen LogP contribution in [-0.2, 0) is 4.79 Å². The topological polar surface area (TPSA) is 29.1 Å². The molecule has 2 heteroatoms. The van der Waals surface area contributed by atoms with Crippen LogP contribution in [0.5, 0.6) is 0 Å². The van der Waals surface area contributed by atoms with Crippen LogP contribution in [0.2, 0.25) is 0 Å². The average molecular weight is 111 g/mol. The molecule has 0 bridgehead atoms. The fraction of sp³-hybridized carbons (Fsp3) is 0.500. The summed E-state index contributed by atoms with van der Waals surface area (Å²) < 4.78 is 0. The molecule has 1 aliphatic heterocycles. The molecule has 0 radical (unpaired) electrons. The summed E-state index contributed by atoms with van der Waals surface area (Å²) in [6.45, 7) is 1.09. The van der Waals surface area contributed by atoms with Gasteiger partial charge in [0.25, 0.3) is 0 Å². The zero-order valence-corrected chi connectivity index (χ0v) is 4.63. The van der Waals surface area contributed by atoms with E-state index in [4.69, 9.17) is 0 Å². The van der Waals surface area contributed by atoms with Gasteiger partial charge < -0.3 is 5.32 Å². The number of carbonyl (C=O) groups is 1. The molecule has 1 heterocycles. The fourth-order valence-corrected chi connectivity index (χ4v) is 0.655. The molecule has 2 nitrogen and oxygen atoms in total. The van der Waals surface area contributed by atoms with E-state index in [1.54, 1.807) is 0 Å². The van der Waals surface area contributed by atoms with E-state index in [2.05, 4.69) is 5.32 Å². The maximum Gasteiger partial charge on any atom is 0.142 e. The zero-order valence-electron chi connectivity index (χ0n) is 4.63. The average Bonchev–Trinajstić information content (AvgIpc) is 1.63. The van der Waals surface area contributed by atoms with Crippen molar-refractivity contribution in [2.24, 2.45) is 0 Å². The molecular formula is C6H9NO. The largest absolute Gasteiger partial charge is 0.310 e. The second-order valence-corrected chi connectivity index (χ2v) is 1.87. The predicted octanol–water partition coefficient (Wildman–Crippen LogP) is 0.103. The number of allylic oxidation sites excluding steroid dienone is 1. The van der Waals surface area contributed by atoms with Crippen LogP contribution < -0.4 is 5.32 Å².